The van der Waals surface area contributed by atoms with Gasteiger partial charge >= 0.3 is 6.18 Å². The molecule has 1 aliphatic rings. The fraction of sp³-hybridized carbons (Fsp3) is 0.545. The molecule has 1 fully saturated rings. The second-order valence-electron chi connectivity index (χ2n) is 4.20. The molecule has 1 aromatic rings. The summed E-state index contributed by atoms with van der Waals surface area (Å²) in [6.45, 7) is 2.04. The van der Waals surface area contributed by atoms with Crippen molar-refractivity contribution in [2.75, 3.05) is 5.32 Å². The Kier molecular flexibility index (Phi) is 2.78. The fourth-order valence-electron chi connectivity index (χ4n) is 1.62. The Hall–Kier alpha value is -1.26. The van der Waals surface area contributed by atoms with Crippen molar-refractivity contribution in [2.45, 2.75) is 32.0 Å². The third-order valence-electron chi connectivity index (χ3n) is 2.78. The number of pyridine rings is 1. The lowest BCUT2D eigenvalue weighted by Crippen LogP contribution is -2.17. The summed E-state index contributed by atoms with van der Waals surface area (Å²) in [7, 11) is 0. The molecule has 0 amide bonds. The average molecular weight is 230 g/mol. The molecule has 5 heteroatoms. The Labute approximate surface area is 91.9 Å². The fourth-order valence-corrected chi connectivity index (χ4v) is 1.62. The van der Waals surface area contributed by atoms with E-state index in [9.17, 15) is 13.2 Å². The number of hydrogen-bond donors (Lipinski definition) is 1. The number of nitrogens with zero attached hydrogens (tertiary/aromatic N) is 1. The smallest absolute Gasteiger partial charge is 0.381 e. The first-order chi connectivity index (χ1) is 7.47. The number of aromatic nitrogens is 1. The van der Waals surface area contributed by atoms with Gasteiger partial charge in [-0.2, -0.15) is 13.2 Å². The van der Waals surface area contributed by atoms with Crippen LogP contribution in [0.25, 0.3) is 0 Å². The van der Waals surface area contributed by atoms with E-state index in [0.717, 1.165) is 6.07 Å². The molecule has 2 rings (SSSR count). The zero-order chi connectivity index (χ0) is 11.8. The summed E-state index contributed by atoms with van der Waals surface area (Å²) in [4.78, 5) is 3.40. The highest BCUT2D eigenvalue weighted by atomic mass is 19.4. The molecule has 16 heavy (non-hydrogen) atoms. The van der Waals surface area contributed by atoms with Gasteiger partial charge in [0.2, 0.25) is 0 Å². The van der Waals surface area contributed by atoms with Gasteiger partial charge in [-0.25, -0.2) is 4.98 Å². The maximum atomic E-state index is 12.2. The van der Waals surface area contributed by atoms with Gasteiger partial charge in [0.15, 0.2) is 0 Å². The molecule has 0 aliphatic heterocycles. The van der Waals surface area contributed by atoms with Gasteiger partial charge in [0.1, 0.15) is 5.69 Å². The number of nitrogens with one attached hydrogen (secondary N) is 1. The van der Waals surface area contributed by atoms with Crippen molar-refractivity contribution in [2.24, 2.45) is 5.92 Å². The molecule has 0 bridgehead atoms. The summed E-state index contributed by atoms with van der Waals surface area (Å²) >= 11 is 0. The van der Waals surface area contributed by atoms with E-state index in [2.05, 4.69) is 10.3 Å². The number of anilines is 1. The van der Waals surface area contributed by atoms with Crippen LogP contribution in [0.4, 0.5) is 18.9 Å². The molecular formula is C11H13F3N2. The van der Waals surface area contributed by atoms with Crippen molar-refractivity contribution < 1.29 is 13.2 Å². The van der Waals surface area contributed by atoms with Crippen molar-refractivity contribution in [3.8, 4) is 0 Å². The van der Waals surface area contributed by atoms with E-state index in [4.69, 9.17) is 0 Å². The van der Waals surface area contributed by atoms with Crippen LogP contribution in [-0.2, 0) is 6.18 Å². The predicted molar refractivity (Wildman–Crippen MR) is 55.0 cm³/mol. The van der Waals surface area contributed by atoms with Crippen LogP contribution >= 0.6 is 0 Å². The minimum absolute atomic E-state index is 0.304. The minimum atomic E-state index is -4.36. The first-order valence-corrected chi connectivity index (χ1v) is 5.26. The molecular weight excluding hydrogens is 217 g/mol. The van der Waals surface area contributed by atoms with E-state index in [0.29, 0.717) is 17.6 Å². The zero-order valence-electron chi connectivity index (χ0n) is 8.88. The molecule has 1 atom stereocenters. The van der Waals surface area contributed by atoms with E-state index >= 15 is 0 Å². The molecule has 2 nitrogen and oxygen atoms in total. The Morgan fingerprint density at radius 3 is 2.50 bits per heavy atom. The van der Waals surface area contributed by atoms with Crippen molar-refractivity contribution in [3.63, 3.8) is 0 Å². The van der Waals surface area contributed by atoms with Crippen LogP contribution in [0.15, 0.2) is 18.3 Å². The minimum Gasteiger partial charge on any atom is -0.381 e. The third-order valence-corrected chi connectivity index (χ3v) is 2.78. The van der Waals surface area contributed by atoms with Gasteiger partial charge in [-0.1, -0.05) is 0 Å². The van der Waals surface area contributed by atoms with Crippen LogP contribution in [-0.4, -0.2) is 11.0 Å². The summed E-state index contributed by atoms with van der Waals surface area (Å²) in [5, 5.41) is 3.15. The maximum absolute atomic E-state index is 12.2. The Morgan fingerprint density at radius 1 is 1.38 bits per heavy atom. The first-order valence-electron chi connectivity index (χ1n) is 5.26. The average Bonchev–Trinajstić information content (AvgIpc) is 3.00. The van der Waals surface area contributed by atoms with E-state index < -0.39 is 11.9 Å². The van der Waals surface area contributed by atoms with Gasteiger partial charge in [-0.15, -0.1) is 0 Å². The maximum Gasteiger partial charge on any atom is 0.433 e. The molecule has 1 heterocycles. The molecule has 1 saturated carbocycles. The lowest BCUT2D eigenvalue weighted by Gasteiger charge is -2.14. The highest BCUT2D eigenvalue weighted by Crippen LogP contribution is 2.34. The van der Waals surface area contributed by atoms with Crippen LogP contribution in [0, 0.1) is 5.92 Å². The van der Waals surface area contributed by atoms with Gasteiger partial charge in [-0.3, -0.25) is 0 Å². The molecule has 0 spiro atoms. The normalized spacial score (nSPS) is 18.2. The molecule has 1 N–H and O–H groups in total. The standard InChI is InChI=1S/C11H13F3N2/c1-7(8-2-3-8)16-9-4-5-10(15-6-9)11(12,13)14/h4-8,16H,2-3H2,1H3. The third kappa shape index (κ3) is 2.65. The highest BCUT2D eigenvalue weighted by Gasteiger charge is 2.32. The number of hydrogen-bond acceptors (Lipinski definition) is 2. The van der Waals surface area contributed by atoms with Crippen LogP contribution in [0.2, 0.25) is 0 Å². The van der Waals surface area contributed by atoms with Crippen molar-refractivity contribution >= 4 is 5.69 Å². The van der Waals surface area contributed by atoms with Crippen molar-refractivity contribution in [1.29, 1.82) is 0 Å². The Bertz CT molecular complexity index is 354. The highest BCUT2D eigenvalue weighted by molar-refractivity contribution is 5.42. The number of rotatable bonds is 3. The molecule has 0 aromatic carbocycles. The molecule has 1 unspecified atom stereocenters. The van der Waals surface area contributed by atoms with Gasteiger partial charge in [0.25, 0.3) is 0 Å². The Balaban J connectivity index is 2.01. The van der Waals surface area contributed by atoms with Crippen molar-refractivity contribution in [1.82, 2.24) is 4.98 Å². The molecule has 1 aliphatic carbocycles. The zero-order valence-corrected chi connectivity index (χ0v) is 8.88. The monoisotopic (exact) mass is 230 g/mol. The van der Waals surface area contributed by atoms with E-state index in [1.807, 2.05) is 6.92 Å². The summed E-state index contributed by atoms with van der Waals surface area (Å²) in [6.07, 6.45) is -0.729. The van der Waals surface area contributed by atoms with Gasteiger partial charge in [0.05, 0.1) is 11.9 Å². The number of halogens is 3. The summed E-state index contributed by atoms with van der Waals surface area (Å²) in [6, 6.07) is 2.73. The molecule has 88 valence electrons. The topological polar surface area (TPSA) is 24.9 Å². The van der Waals surface area contributed by atoms with Gasteiger partial charge in [0, 0.05) is 6.04 Å². The van der Waals surface area contributed by atoms with Crippen LogP contribution in [0.1, 0.15) is 25.5 Å². The van der Waals surface area contributed by atoms with Gasteiger partial charge < -0.3 is 5.32 Å². The predicted octanol–water partition coefficient (Wildman–Crippen LogP) is 3.31. The van der Waals surface area contributed by atoms with Crippen LogP contribution in [0.5, 0.6) is 0 Å². The number of alkyl halides is 3. The summed E-state index contributed by atoms with van der Waals surface area (Å²) in [5.74, 6) is 0.655. The van der Waals surface area contributed by atoms with Crippen molar-refractivity contribution in [3.05, 3.63) is 24.0 Å². The second kappa shape index (κ2) is 3.96. The van der Waals surface area contributed by atoms with E-state index in [1.54, 1.807) is 0 Å². The lowest BCUT2D eigenvalue weighted by molar-refractivity contribution is -0.141. The van der Waals surface area contributed by atoms with E-state index in [-0.39, 0.29) is 0 Å². The molecule has 0 radical (unpaired) electrons. The quantitative estimate of drug-likeness (QED) is 0.861. The lowest BCUT2D eigenvalue weighted by atomic mass is 10.2. The SMILES string of the molecule is CC(Nc1ccc(C(F)(F)F)nc1)C1CC1. The summed E-state index contributed by atoms with van der Waals surface area (Å²) < 4.78 is 36.7. The van der Waals surface area contributed by atoms with Crippen LogP contribution < -0.4 is 5.32 Å². The first kappa shape index (κ1) is 11.2. The van der Waals surface area contributed by atoms with Gasteiger partial charge in [-0.05, 0) is 37.8 Å². The molecule has 1 aromatic heterocycles. The van der Waals surface area contributed by atoms with E-state index in [1.165, 1.54) is 25.1 Å². The van der Waals surface area contributed by atoms with Crippen LogP contribution in [0.3, 0.4) is 0 Å². The summed E-state index contributed by atoms with van der Waals surface area (Å²) in [5.41, 5.74) is -0.204. The second-order valence-corrected chi connectivity index (χ2v) is 4.20. The molecule has 0 saturated heterocycles. The largest absolute Gasteiger partial charge is 0.433 e. The Morgan fingerprint density at radius 2 is 2.06 bits per heavy atom.